The summed E-state index contributed by atoms with van der Waals surface area (Å²) in [7, 11) is 0. The second kappa shape index (κ2) is 4.47. The average Bonchev–Trinajstić information content (AvgIpc) is 2.65. The molecule has 0 amide bonds. The molecule has 16 heavy (non-hydrogen) atoms. The summed E-state index contributed by atoms with van der Waals surface area (Å²) in [6.45, 7) is 7.34. The topological polar surface area (TPSA) is 30.7 Å². The first-order chi connectivity index (χ1) is 7.70. The monoisotopic (exact) mass is 215 g/mol. The van der Waals surface area contributed by atoms with E-state index in [4.69, 9.17) is 0 Å². The van der Waals surface area contributed by atoms with E-state index in [0.29, 0.717) is 0 Å². The molecular formula is C13H17N3. The molecular weight excluding hydrogens is 198 g/mol. The maximum absolute atomic E-state index is 4.20. The van der Waals surface area contributed by atoms with Crippen molar-refractivity contribution in [3.63, 3.8) is 0 Å². The summed E-state index contributed by atoms with van der Waals surface area (Å²) in [5.41, 5.74) is 3.69. The summed E-state index contributed by atoms with van der Waals surface area (Å²) < 4.78 is 2.11. The zero-order valence-electron chi connectivity index (χ0n) is 10.1. The van der Waals surface area contributed by atoms with Crippen LogP contribution in [0.25, 0.3) is 11.4 Å². The van der Waals surface area contributed by atoms with E-state index in [1.807, 2.05) is 0 Å². The number of rotatable bonds is 3. The molecule has 0 atom stereocenters. The van der Waals surface area contributed by atoms with Crippen molar-refractivity contribution in [2.45, 2.75) is 33.7 Å². The van der Waals surface area contributed by atoms with Crippen LogP contribution in [-0.2, 0) is 6.54 Å². The van der Waals surface area contributed by atoms with E-state index >= 15 is 0 Å². The van der Waals surface area contributed by atoms with Crippen LogP contribution in [0.5, 0.6) is 0 Å². The Morgan fingerprint density at radius 3 is 2.44 bits per heavy atom. The van der Waals surface area contributed by atoms with Gasteiger partial charge in [-0.05, 0) is 32.4 Å². The van der Waals surface area contributed by atoms with Gasteiger partial charge >= 0.3 is 0 Å². The van der Waals surface area contributed by atoms with Gasteiger partial charge in [0.1, 0.15) is 6.33 Å². The van der Waals surface area contributed by atoms with Gasteiger partial charge in [0.05, 0.1) is 0 Å². The van der Waals surface area contributed by atoms with Crippen molar-refractivity contribution in [1.29, 1.82) is 0 Å². The number of aryl methyl sites for hydroxylation is 3. The van der Waals surface area contributed by atoms with E-state index in [-0.39, 0.29) is 0 Å². The molecule has 0 radical (unpaired) electrons. The second-order valence-electron chi connectivity index (χ2n) is 4.22. The standard InChI is InChI=1S/C13H17N3/c1-4-5-16-9-14-15-13(16)12-7-10(2)6-11(3)8-12/h6-9H,4-5H2,1-3H3. The highest BCUT2D eigenvalue weighted by Gasteiger charge is 2.07. The molecule has 0 bridgehead atoms. The summed E-state index contributed by atoms with van der Waals surface area (Å²) >= 11 is 0. The predicted octanol–water partition coefficient (Wildman–Crippen LogP) is 2.97. The third-order valence-corrected chi connectivity index (χ3v) is 2.56. The van der Waals surface area contributed by atoms with Gasteiger partial charge in [0, 0.05) is 12.1 Å². The second-order valence-corrected chi connectivity index (χ2v) is 4.22. The van der Waals surface area contributed by atoms with Crippen molar-refractivity contribution in [3.05, 3.63) is 35.7 Å². The molecule has 2 rings (SSSR count). The first-order valence-corrected chi connectivity index (χ1v) is 5.67. The van der Waals surface area contributed by atoms with Crippen LogP contribution in [0, 0.1) is 13.8 Å². The maximum atomic E-state index is 4.20. The minimum atomic E-state index is 0.966. The molecule has 3 heteroatoms. The van der Waals surface area contributed by atoms with E-state index in [0.717, 1.165) is 24.4 Å². The molecule has 0 aliphatic rings. The molecule has 0 aliphatic carbocycles. The molecule has 0 aliphatic heterocycles. The number of aromatic nitrogens is 3. The largest absolute Gasteiger partial charge is 0.314 e. The Bertz CT molecular complexity index is 465. The lowest BCUT2D eigenvalue weighted by Gasteiger charge is -2.06. The average molecular weight is 215 g/mol. The fourth-order valence-corrected chi connectivity index (χ4v) is 1.99. The van der Waals surface area contributed by atoms with E-state index in [9.17, 15) is 0 Å². The van der Waals surface area contributed by atoms with Crippen molar-refractivity contribution < 1.29 is 0 Å². The van der Waals surface area contributed by atoms with Crippen molar-refractivity contribution in [3.8, 4) is 11.4 Å². The van der Waals surface area contributed by atoms with Crippen LogP contribution in [0.3, 0.4) is 0 Å². The molecule has 3 nitrogen and oxygen atoms in total. The fraction of sp³-hybridized carbons (Fsp3) is 0.385. The Labute approximate surface area is 96.1 Å². The molecule has 0 unspecified atom stereocenters. The van der Waals surface area contributed by atoms with Crippen LogP contribution >= 0.6 is 0 Å². The van der Waals surface area contributed by atoms with Gasteiger partial charge in [0.25, 0.3) is 0 Å². The Morgan fingerprint density at radius 1 is 1.12 bits per heavy atom. The third kappa shape index (κ3) is 2.13. The van der Waals surface area contributed by atoms with Crippen LogP contribution in [0.15, 0.2) is 24.5 Å². The Morgan fingerprint density at radius 2 is 1.81 bits per heavy atom. The smallest absolute Gasteiger partial charge is 0.163 e. The van der Waals surface area contributed by atoms with Crippen LogP contribution in [0.2, 0.25) is 0 Å². The highest BCUT2D eigenvalue weighted by Crippen LogP contribution is 2.20. The number of benzene rings is 1. The van der Waals surface area contributed by atoms with Gasteiger partial charge in [0.2, 0.25) is 0 Å². The van der Waals surface area contributed by atoms with Gasteiger partial charge in [-0.25, -0.2) is 0 Å². The molecule has 84 valence electrons. The highest BCUT2D eigenvalue weighted by molar-refractivity contribution is 5.57. The number of hydrogen-bond donors (Lipinski definition) is 0. The molecule has 0 spiro atoms. The minimum Gasteiger partial charge on any atom is -0.314 e. The normalized spacial score (nSPS) is 10.7. The summed E-state index contributed by atoms with van der Waals surface area (Å²) in [5.74, 6) is 0.966. The fourth-order valence-electron chi connectivity index (χ4n) is 1.99. The van der Waals surface area contributed by atoms with Crippen LogP contribution < -0.4 is 0 Å². The Kier molecular flexibility index (Phi) is 3.04. The Hall–Kier alpha value is -1.64. The van der Waals surface area contributed by atoms with Gasteiger partial charge in [-0.1, -0.05) is 24.1 Å². The van der Waals surface area contributed by atoms with Crippen molar-refractivity contribution in [2.75, 3.05) is 0 Å². The summed E-state index contributed by atoms with van der Waals surface area (Å²) in [6, 6.07) is 6.48. The SMILES string of the molecule is CCCn1cnnc1-c1cc(C)cc(C)c1. The van der Waals surface area contributed by atoms with Crippen molar-refractivity contribution >= 4 is 0 Å². The van der Waals surface area contributed by atoms with Gasteiger partial charge in [0.15, 0.2) is 5.82 Å². The first kappa shape index (κ1) is 10.9. The summed E-state index contributed by atoms with van der Waals surface area (Å²) in [5, 5.41) is 8.19. The molecule has 0 saturated heterocycles. The van der Waals surface area contributed by atoms with Gasteiger partial charge in [-0.2, -0.15) is 0 Å². The van der Waals surface area contributed by atoms with E-state index in [1.54, 1.807) is 6.33 Å². The molecule has 0 fully saturated rings. The first-order valence-electron chi connectivity index (χ1n) is 5.67. The van der Waals surface area contributed by atoms with Crippen LogP contribution in [0.1, 0.15) is 24.5 Å². The van der Waals surface area contributed by atoms with E-state index in [2.05, 4.69) is 53.7 Å². The lowest BCUT2D eigenvalue weighted by atomic mass is 10.1. The van der Waals surface area contributed by atoms with Gasteiger partial charge < -0.3 is 4.57 Å². The maximum Gasteiger partial charge on any atom is 0.163 e. The molecule has 2 aromatic rings. The van der Waals surface area contributed by atoms with E-state index in [1.165, 1.54) is 11.1 Å². The van der Waals surface area contributed by atoms with E-state index < -0.39 is 0 Å². The van der Waals surface area contributed by atoms with Gasteiger partial charge in [-0.3, -0.25) is 0 Å². The molecule has 1 aromatic heterocycles. The quantitative estimate of drug-likeness (QED) is 0.788. The van der Waals surface area contributed by atoms with Gasteiger partial charge in [-0.15, -0.1) is 10.2 Å². The lowest BCUT2D eigenvalue weighted by molar-refractivity contribution is 0.682. The molecule has 0 N–H and O–H groups in total. The molecule has 1 heterocycles. The lowest BCUT2D eigenvalue weighted by Crippen LogP contribution is -1.98. The molecule has 0 saturated carbocycles. The number of nitrogens with zero attached hydrogens (tertiary/aromatic N) is 3. The Balaban J connectivity index is 2.45. The van der Waals surface area contributed by atoms with Crippen LogP contribution in [-0.4, -0.2) is 14.8 Å². The highest BCUT2D eigenvalue weighted by atomic mass is 15.3. The summed E-state index contributed by atoms with van der Waals surface area (Å²) in [6.07, 6.45) is 2.90. The van der Waals surface area contributed by atoms with Crippen molar-refractivity contribution in [2.24, 2.45) is 0 Å². The zero-order chi connectivity index (χ0) is 11.5. The van der Waals surface area contributed by atoms with Crippen molar-refractivity contribution in [1.82, 2.24) is 14.8 Å². The third-order valence-electron chi connectivity index (χ3n) is 2.56. The zero-order valence-corrected chi connectivity index (χ0v) is 10.1. The van der Waals surface area contributed by atoms with Crippen LogP contribution in [0.4, 0.5) is 0 Å². The minimum absolute atomic E-state index is 0.966. The number of hydrogen-bond acceptors (Lipinski definition) is 2. The predicted molar refractivity (Wildman–Crippen MR) is 65.2 cm³/mol. The summed E-state index contributed by atoms with van der Waals surface area (Å²) in [4.78, 5) is 0. The molecule has 1 aromatic carbocycles.